The van der Waals surface area contributed by atoms with Gasteiger partial charge in [-0.05, 0) is 55.8 Å². The van der Waals surface area contributed by atoms with E-state index in [-0.39, 0.29) is 5.82 Å². The Kier molecular flexibility index (Phi) is 6.42. The first-order chi connectivity index (χ1) is 14.3. The monoisotopic (exact) mass is 425 g/mol. The van der Waals surface area contributed by atoms with Crippen LogP contribution in [0.2, 0.25) is 5.02 Å². The maximum absolute atomic E-state index is 14.3. The average molecular weight is 426 g/mol. The quantitative estimate of drug-likeness (QED) is 0.620. The molecule has 0 spiro atoms. The van der Waals surface area contributed by atoms with E-state index in [1.807, 2.05) is 32.0 Å². The van der Waals surface area contributed by atoms with Gasteiger partial charge in [0.2, 0.25) is 6.41 Å². The standard InChI is InChI=1S/C16H15FN4O.C6H6ClN/c1-16(13-6-11(20-9-22)2-3-14(13)17)7-10-4-5-19-8-12(10)15(18)21-16;1-5-2-3-6(7)4-8-5/h2-6,8-9H,7H2,1H3,(H2,18,21)(H,20,22);2-4H,1H3. The van der Waals surface area contributed by atoms with Crippen molar-refractivity contribution < 1.29 is 9.18 Å². The lowest BCUT2D eigenvalue weighted by Crippen LogP contribution is -2.34. The molecule has 0 aliphatic carbocycles. The van der Waals surface area contributed by atoms with Crippen molar-refractivity contribution in [1.29, 1.82) is 0 Å². The second kappa shape index (κ2) is 9.00. The van der Waals surface area contributed by atoms with Crippen LogP contribution >= 0.6 is 11.6 Å². The van der Waals surface area contributed by atoms with Gasteiger partial charge in [0, 0.05) is 47.5 Å². The van der Waals surface area contributed by atoms with E-state index >= 15 is 0 Å². The van der Waals surface area contributed by atoms with Crippen LogP contribution in [-0.4, -0.2) is 22.2 Å². The van der Waals surface area contributed by atoms with Crippen LogP contribution in [0.25, 0.3) is 0 Å². The summed E-state index contributed by atoms with van der Waals surface area (Å²) in [5, 5.41) is 3.22. The van der Waals surface area contributed by atoms with Gasteiger partial charge in [0.15, 0.2) is 0 Å². The lowest BCUT2D eigenvalue weighted by molar-refractivity contribution is -0.105. The number of nitrogens with two attached hydrogens (primary N) is 1. The third kappa shape index (κ3) is 4.80. The number of amidine groups is 1. The molecular weight excluding hydrogens is 405 g/mol. The molecule has 0 bridgehead atoms. The number of nitrogens with one attached hydrogen (secondary N) is 1. The number of benzene rings is 1. The molecule has 154 valence electrons. The number of carbonyl (C=O) groups is 1. The summed E-state index contributed by atoms with van der Waals surface area (Å²) in [7, 11) is 0. The first-order valence-electron chi connectivity index (χ1n) is 9.19. The second-order valence-corrected chi connectivity index (χ2v) is 7.49. The van der Waals surface area contributed by atoms with E-state index in [2.05, 4.69) is 20.3 Å². The van der Waals surface area contributed by atoms with E-state index in [4.69, 9.17) is 17.3 Å². The van der Waals surface area contributed by atoms with E-state index in [0.29, 0.717) is 34.9 Å². The molecule has 1 unspecified atom stereocenters. The summed E-state index contributed by atoms with van der Waals surface area (Å²) in [6, 6.07) is 9.98. The summed E-state index contributed by atoms with van der Waals surface area (Å²) in [6.07, 6.45) is 6.04. The number of aromatic nitrogens is 2. The van der Waals surface area contributed by atoms with Gasteiger partial charge in [-0.3, -0.25) is 19.8 Å². The van der Waals surface area contributed by atoms with Gasteiger partial charge in [-0.2, -0.15) is 0 Å². The minimum atomic E-state index is -0.830. The highest BCUT2D eigenvalue weighted by Crippen LogP contribution is 2.36. The molecule has 0 radical (unpaired) electrons. The van der Waals surface area contributed by atoms with Crippen LogP contribution in [-0.2, 0) is 16.8 Å². The van der Waals surface area contributed by atoms with Crippen LogP contribution in [0, 0.1) is 12.7 Å². The number of pyridine rings is 2. The number of anilines is 1. The van der Waals surface area contributed by atoms with Gasteiger partial charge in [0.25, 0.3) is 0 Å². The molecule has 3 heterocycles. The Morgan fingerprint density at radius 2 is 2.03 bits per heavy atom. The summed E-state index contributed by atoms with van der Waals surface area (Å²) in [5.74, 6) is -0.0435. The SMILES string of the molecule is CC1(c2cc(NC=O)ccc2F)Cc2ccncc2C(N)=N1.Cc1ccc(Cl)cn1. The number of hydrogen-bond acceptors (Lipinski definition) is 5. The van der Waals surface area contributed by atoms with Crippen molar-refractivity contribution in [3.05, 3.63) is 88.2 Å². The molecule has 1 aliphatic heterocycles. The Hall–Kier alpha value is -3.32. The molecule has 0 saturated heterocycles. The molecule has 1 aromatic carbocycles. The maximum Gasteiger partial charge on any atom is 0.211 e. The van der Waals surface area contributed by atoms with Gasteiger partial charge in [0.1, 0.15) is 11.7 Å². The molecule has 1 atom stereocenters. The van der Waals surface area contributed by atoms with Gasteiger partial charge in [-0.15, -0.1) is 0 Å². The third-order valence-electron chi connectivity index (χ3n) is 4.74. The fourth-order valence-electron chi connectivity index (χ4n) is 3.25. The first-order valence-corrected chi connectivity index (χ1v) is 9.57. The smallest absolute Gasteiger partial charge is 0.211 e. The summed E-state index contributed by atoms with van der Waals surface area (Å²) in [6.45, 7) is 3.75. The predicted molar refractivity (Wildman–Crippen MR) is 116 cm³/mol. The highest BCUT2D eigenvalue weighted by molar-refractivity contribution is 6.30. The van der Waals surface area contributed by atoms with Gasteiger partial charge >= 0.3 is 0 Å². The molecule has 6 nitrogen and oxygen atoms in total. The Morgan fingerprint density at radius 1 is 1.23 bits per heavy atom. The zero-order valence-electron chi connectivity index (χ0n) is 16.6. The Bertz CT molecular complexity index is 1070. The van der Waals surface area contributed by atoms with Crippen LogP contribution in [0.5, 0.6) is 0 Å². The molecule has 3 aromatic rings. The van der Waals surface area contributed by atoms with Crippen LogP contribution in [0.4, 0.5) is 10.1 Å². The van der Waals surface area contributed by atoms with E-state index in [1.165, 1.54) is 12.1 Å². The van der Waals surface area contributed by atoms with Gasteiger partial charge in [-0.1, -0.05) is 11.6 Å². The number of aryl methyl sites for hydroxylation is 1. The Labute approximate surface area is 179 Å². The largest absolute Gasteiger partial charge is 0.383 e. The minimum absolute atomic E-state index is 0.338. The highest BCUT2D eigenvalue weighted by Gasteiger charge is 2.34. The van der Waals surface area contributed by atoms with Crippen molar-refractivity contribution in [3.8, 4) is 0 Å². The van der Waals surface area contributed by atoms with Crippen molar-refractivity contribution in [2.75, 3.05) is 5.32 Å². The number of nitrogens with zero attached hydrogens (tertiary/aromatic N) is 3. The molecule has 30 heavy (non-hydrogen) atoms. The van der Waals surface area contributed by atoms with E-state index < -0.39 is 5.54 Å². The molecular formula is C22H21ClFN5O. The predicted octanol–water partition coefficient (Wildman–Crippen LogP) is 4.01. The highest BCUT2D eigenvalue weighted by atomic mass is 35.5. The summed E-state index contributed by atoms with van der Waals surface area (Å²) in [5.41, 5.74) is 8.85. The van der Waals surface area contributed by atoms with Crippen molar-refractivity contribution >= 4 is 29.5 Å². The van der Waals surface area contributed by atoms with Crippen molar-refractivity contribution in [1.82, 2.24) is 9.97 Å². The topological polar surface area (TPSA) is 93.3 Å². The van der Waals surface area contributed by atoms with Crippen LogP contribution in [0.3, 0.4) is 0 Å². The molecule has 0 fully saturated rings. The van der Waals surface area contributed by atoms with Crippen LogP contribution in [0.15, 0.2) is 60.0 Å². The first kappa shape index (κ1) is 21.4. The third-order valence-corrected chi connectivity index (χ3v) is 4.96. The van der Waals surface area contributed by atoms with E-state index in [0.717, 1.165) is 16.8 Å². The van der Waals surface area contributed by atoms with Crippen molar-refractivity contribution in [3.63, 3.8) is 0 Å². The summed E-state index contributed by atoms with van der Waals surface area (Å²) < 4.78 is 14.3. The fraction of sp³-hybridized carbons (Fsp3) is 0.182. The van der Waals surface area contributed by atoms with Crippen molar-refractivity contribution in [2.24, 2.45) is 10.7 Å². The number of hydrogen-bond donors (Lipinski definition) is 2. The van der Waals surface area contributed by atoms with Gasteiger partial charge in [0.05, 0.1) is 10.6 Å². The lowest BCUT2D eigenvalue weighted by atomic mass is 9.82. The van der Waals surface area contributed by atoms with E-state index in [9.17, 15) is 9.18 Å². The number of amides is 1. The number of rotatable bonds is 3. The Balaban J connectivity index is 0.000000269. The van der Waals surface area contributed by atoms with Crippen molar-refractivity contribution in [2.45, 2.75) is 25.8 Å². The molecule has 1 amide bonds. The zero-order chi connectivity index (χ0) is 21.7. The number of carbonyl (C=O) groups excluding carboxylic acids is 1. The fourth-order valence-corrected chi connectivity index (χ4v) is 3.36. The minimum Gasteiger partial charge on any atom is -0.383 e. The molecule has 0 saturated carbocycles. The number of fused-ring (bicyclic) bond motifs is 1. The van der Waals surface area contributed by atoms with Gasteiger partial charge in [-0.25, -0.2) is 4.39 Å². The second-order valence-electron chi connectivity index (χ2n) is 7.06. The van der Waals surface area contributed by atoms with Gasteiger partial charge < -0.3 is 11.1 Å². The molecule has 3 N–H and O–H groups in total. The molecule has 2 aromatic heterocycles. The molecule has 8 heteroatoms. The van der Waals surface area contributed by atoms with Crippen LogP contribution in [0.1, 0.15) is 29.3 Å². The van der Waals surface area contributed by atoms with Crippen LogP contribution < -0.4 is 11.1 Å². The summed E-state index contributed by atoms with van der Waals surface area (Å²) >= 11 is 5.55. The molecule has 4 rings (SSSR count). The molecule has 1 aliphatic rings. The number of aliphatic imine (C=N–C) groups is 1. The number of halogens is 2. The summed E-state index contributed by atoms with van der Waals surface area (Å²) in [4.78, 5) is 23.1. The normalized spacial score (nSPS) is 17.1. The zero-order valence-corrected chi connectivity index (χ0v) is 17.3. The maximum atomic E-state index is 14.3. The Morgan fingerprint density at radius 3 is 2.70 bits per heavy atom. The lowest BCUT2D eigenvalue weighted by Gasteiger charge is -2.32. The average Bonchev–Trinajstić information content (AvgIpc) is 2.72. The van der Waals surface area contributed by atoms with E-state index in [1.54, 1.807) is 24.7 Å².